The van der Waals surface area contributed by atoms with Gasteiger partial charge in [0.1, 0.15) is 17.6 Å². The van der Waals surface area contributed by atoms with E-state index in [1.165, 1.54) is 17.0 Å². The fourth-order valence-electron chi connectivity index (χ4n) is 3.42. The average molecular weight is 435 g/mol. The van der Waals surface area contributed by atoms with E-state index in [0.29, 0.717) is 5.75 Å². The molecule has 0 aliphatic carbocycles. The highest BCUT2D eigenvalue weighted by molar-refractivity contribution is 5.88. The number of benzene rings is 3. The predicted molar refractivity (Wildman–Crippen MR) is 121 cm³/mol. The molecule has 1 N–H and O–H groups in total. The lowest BCUT2D eigenvalue weighted by Crippen LogP contribution is -2.48. The van der Waals surface area contributed by atoms with Crippen LogP contribution in [0.4, 0.5) is 4.39 Å². The third-order valence-electron chi connectivity index (χ3n) is 5.28. The summed E-state index contributed by atoms with van der Waals surface area (Å²) in [6.45, 7) is 2.18. The molecule has 1 unspecified atom stereocenters. The van der Waals surface area contributed by atoms with Gasteiger partial charge in [-0.2, -0.15) is 0 Å². The van der Waals surface area contributed by atoms with Crippen LogP contribution in [0.25, 0.3) is 0 Å². The van der Waals surface area contributed by atoms with Crippen LogP contribution in [0.2, 0.25) is 0 Å². The van der Waals surface area contributed by atoms with Crippen molar-refractivity contribution in [2.24, 2.45) is 0 Å². The van der Waals surface area contributed by atoms with Crippen molar-refractivity contribution in [2.45, 2.75) is 32.5 Å². The summed E-state index contributed by atoms with van der Waals surface area (Å²) in [4.78, 5) is 27.6. The van der Waals surface area contributed by atoms with Gasteiger partial charge >= 0.3 is 0 Å². The van der Waals surface area contributed by atoms with E-state index in [9.17, 15) is 14.0 Å². The number of ether oxygens (including phenoxy) is 1. The first kappa shape index (κ1) is 23.0. The Morgan fingerprint density at radius 3 is 2.28 bits per heavy atom. The average Bonchev–Trinajstić information content (AvgIpc) is 2.82. The Morgan fingerprint density at radius 2 is 1.59 bits per heavy atom. The maximum atomic E-state index is 13.3. The first-order valence-corrected chi connectivity index (χ1v) is 10.5. The smallest absolute Gasteiger partial charge is 0.242 e. The highest BCUT2D eigenvalue weighted by Gasteiger charge is 2.26. The Balaban J connectivity index is 1.74. The highest BCUT2D eigenvalue weighted by Crippen LogP contribution is 2.17. The normalized spacial score (nSPS) is 11.5. The van der Waals surface area contributed by atoms with Gasteiger partial charge in [0, 0.05) is 18.7 Å². The van der Waals surface area contributed by atoms with Crippen LogP contribution in [-0.4, -0.2) is 29.9 Å². The summed E-state index contributed by atoms with van der Waals surface area (Å²) in [5.74, 6) is -0.123. The summed E-state index contributed by atoms with van der Waals surface area (Å²) in [6.07, 6.45) is 0.173. The van der Waals surface area contributed by atoms with E-state index >= 15 is 0 Å². The number of carbonyl (C=O) groups is 2. The number of para-hydroxylation sites is 1. The molecule has 6 heteroatoms. The van der Waals surface area contributed by atoms with Crippen molar-refractivity contribution in [1.29, 1.82) is 0 Å². The molecule has 32 heavy (non-hydrogen) atoms. The van der Waals surface area contributed by atoms with Crippen LogP contribution in [0.15, 0.2) is 78.9 Å². The number of rotatable bonds is 9. The third kappa shape index (κ3) is 6.17. The van der Waals surface area contributed by atoms with Gasteiger partial charge in [-0.15, -0.1) is 0 Å². The van der Waals surface area contributed by atoms with E-state index in [0.717, 1.165) is 16.7 Å². The van der Waals surface area contributed by atoms with Crippen LogP contribution < -0.4 is 10.1 Å². The molecule has 0 saturated carbocycles. The molecule has 0 bridgehead atoms. The summed E-state index contributed by atoms with van der Waals surface area (Å²) in [5.41, 5.74) is 2.46. The van der Waals surface area contributed by atoms with Crippen molar-refractivity contribution in [3.63, 3.8) is 0 Å². The summed E-state index contributed by atoms with van der Waals surface area (Å²) in [6, 6.07) is 22.0. The van der Waals surface area contributed by atoms with E-state index in [4.69, 9.17) is 4.74 Å². The Labute approximate surface area is 187 Å². The van der Waals surface area contributed by atoms with Gasteiger partial charge in [0.2, 0.25) is 11.8 Å². The summed E-state index contributed by atoms with van der Waals surface area (Å²) in [5, 5.41) is 2.89. The zero-order valence-corrected chi connectivity index (χ0v) is 18.3. The van der Waals surface area contributed by atoms with E-state index in [1.807, 2.05) is 54.6 Å². The lowest BCUT2D eigenvalue weighted by atomic mass is 10.1. The largest absolute Gasteiger partial charge is 0.496 e. The number of carbonyl (C=O) groups excluding carboxylic acids is 2. The second-order valence-electron chi connectivity index (χ2n) is 7.52. The molecule has 0 spiro atoms. The highest BCUT2D eigenvalue weighted by atomic mass is 19.1. The molecule has 0 fully saturated rings. The van der Waals surface area contributed by atoms with Gasteiger partial charge in [0.25, 0.3) is 0 Å². The summed E-state index contributed by atoms with van der Waals surface area (Å²) in [7, 11) is 1.58. The van der Waals surface area contributed by atoms with Crippen molar-refractivity contribution < 1.29 is 18.7 Å². The number of hydrogen-bond acceptors (Lipinski definition) is 3. The van der Waals surface area contributed by atoms with Crippen LogP contribution in [0.1, 0.15) is 23.6 Å². The number of nitrogens with one attached hydrogen (secondary N) is 1. The Hall–Kier alpha value is -3.67. The monoisotopic (exact) mass is 434 g/mol. The molecule has 5 nitrogen and oxygen atoms in total. The molecule has 166 valence electrons. The number of hydrogen-bond donors (Lipinski definition) is 1. The molecule has 3 aromatic rings. The summed E-state index contributed by atoms with van der Waals surface area (Å²) >= 11 is 0. The first-order valence-electron chi connectivity index (χ1n) is 10.5. The van der Waals surface area contributed by atoms with Gasteiger partial charge in [-0.1, -0.05) is 60.7 Å². The van der Waals surface area contributed by atoms with E-state index in [-0.39, 0.29) is 37.1 Å². The minimum atomic E-state index is -0.717. The van der Waals surface area contributed by atoms with Crippen molar-refractivity contribution in [2.75, 3.05) is 7.11 Å². The minimum absolute atomic E-state index is 0.173. The van der Waals surface area contributed by atoms with E-state index in [2.05, 4.69) is 5.32 Å². The Bertz CT molecular complexity index is 1040. The maximum absolute atomic E-state index is 13.3. The lowest BCUT2D eigenvalue weighted by Gasteiger charge is -2.29. The van der Waals surface area contributed by atoms with Crippen molar-refractivity contribution >= 4 is 11.8 Å². The van der Waals surface area contributed by atoms with Crippen LogP contribution >= 0.6 is 0 Å². The lowest BCUT2D eigenvalue weighted by molar-refractivity contribution is -0.140. The molecule has 2 amide bonds. The van der Waals surface area contributed by atoms with Crippen molar-refractivity contribution in [1.82, 2.24) is 10.2 Å². The molecule has 3 rings (SSSR count). The number of halogens is 1. The molecule has 0 saturated heterocycles. The first-order chi connectivity index (χ1) is 15.5. The van der Waals surface area contributed by atoms with Gasteiger partial charge in [-0.05, 0) is 36.2 Å². The van der Waals surface area contributed by atoms with Crippen molar-refractivity contribution in [3.8, 4) is 5.75 Å². The fourth-order valence-corrected chi connectivity index (χ4v) is 3.42. The zero-order chi connectivity index (χ0) is 22.9. The standard InChI is InChI=1S/C26H27FN2O3/c1-19(26(31)28-17-22-10-6-7-11-24(22)32-2)29(18-21-12-14-23(27)15-13-21)25(30)16-20-8-4-3-5-9-20/h3-15,19H,16-18H2,1-2H3,(H,28,31). The molecule has 3 aromatic carbocycles. The molecular formula is C26H27FN2O3. The number of methoxy groups -OCH3 is 1. The van der Waals surface area contributed by atoms with Crippen LogP contribution in [0, 0.1) is 5.82 Å². The molecule has 0 aromatic heterocycles. The second-order valence-corrected chi connectivity index (χ2v) is 7.52. The van der Waals surface area contributed by atoms with Gasteiger partial charge in [0.15, 0.2) is 0 Å². The number of nitrogens with zero attached hydrogens (tertiary/aromatic N) is 1. The predicted octanol–water partition coefficient (Wildman–Crippen LogP) is 4.11. The third-order valence-corrected chi connectivity index (χ3v) is 5.28. The minimum Gasteiger partial charge on any atom is -0.496 e. The zero-order valence-electron chi connectivity index (χ0n) is 18.3. The van der Waals surface area contributed by atoms with Gasteiger partial charge < -0.3 is 15.0 Å². The quantitative estimate of drug-likeness (QED) is 0.551. The van der Waals surface area contributed by atoms with Gasteiger partial charge in [-0.3, -0.25) is 9.59 Å². The van der Waals surface area contributed by atoms with E-state index in [1.54, 1.807) is 26.2 Å². The topological polar surface area (TPSA) is 58.6 Å². The molecule has 1 atom stereocenters. The number of amides is 2. The second kappa shape index (κ2) is 11.1. The molecular weight excluding hydrogens is 407 g/mol. The van der Waals surface area contributed by atoms with Gasteiger partial charge in [0.05, 0.1) is 13.5 Å². The van der Waals surface area contributed by atoms with Crippen LogP contribution in [0.5, 0.6) is 5.75 Å². The Morgan fingerprint density at radius 1 is 0.938 bits per heavy atom. The molecule has 0 aliphatic rings. The fraction of sp³-hybridized carbons (Fsp3) is 0.231. The van der Waals surface area contributed by atoms with Crippen LogP contribution in [-0.2, 0) is 29.1 Å². The summed E-state index contributed by atoms with van der Waals surface area (Å²) < 4.78 is 18.7. The molecule has 0 aliphatic heterocycles. The van der Waals surface area contributed by atoms with Crippen LogP contribution in [0.3, 0.4) is 0 Å². The van der Waals surface area contributed by atoms with Crippen molar-refractivity contribution in [3.05, 3.63) is 101 Å². The Kier molecular flexibility index (Phi) is 7.97. The van der Waals surface area contributed by atoms with Gasteiger partial charge in [-0.25, -0.2) is 4.39 Å². The maximum Gasteiger partial charge on any atom is 0.242 e. The molecule has 0 heterocycles. The molecule has 0 radical (unpaired) electrons. The SMILES string of the molecule is COc1ccccc1CNC(=O)C(C)N(Cc1ccc(F)cc1)C(=O)Cc1ccccc1. The van der Waals surface area contributed by atoms with E-state index < -0.39 is 6.04 Å².